The molecule has 0 fully saturated rings. The Balaban J connectivity index is 2.63. The highest BCUT2D eigenvalue weighted by Crippen LogP contribution is 2.34. The van der Waals surface area contributed by atoms with E-state index in [0.29, 0.717) is 5.69 Å². The highest BCUT2D eigenvalue weighted by Gasteiger charge is 2.02. The summed E-state index contributed by atoms with van der Waals surface area (Å²) in [5.41, 5.74) is 6.19. The van der Waals surface area contributed by atoms with Crippen LogP contribution in [0.25, 0.3) is 0 Å². The van der Waals surface area contributed by atoms with Crippen LogP contribution in [0.2, 0.25) is 0 Å². The van der Waals surface area contributed by atoms with Crippen LogP contribution in [0.15, 0.2) is 29.2 Å². The van der Waals surface area contributed by atoms with Crippen molar-refractivity contribution in [2.45, 2.75) is 4.90 Å². The Morgan fingerprint density at radius 2 is 2.08 bits per heavy atom. The Labute approximate surface area is 77.7 Å². The van der Waals surface area contributed by atoms with Gasteiger partial charge in [-0.1, -0.05) is 12.1 Å². The summed E-state index contributed by atoms with van der Waals surface area (Å²) in [5.74, 6) is 0. The standard InChI is InChI=1S/C7H7NO2S2/c8-5-3-1-2-4-6(5)11-12-7(9)10/h1-4H,8H2,(H,9,10). The second-order valence-electron chi connectivity index (χ2n) is 1.97. The van der Waals surface area contributed by atoms with Crippen LogP contribution in [0, 0.1) is 0 Å². The zero-order valence-electron chi connectivity index (χ0n) is 6.06. The molecule has 5 heteroatoms. The molecule has 0 spiro atoms. The van der Waals surface area contributed by atoms with E-state index in [-0.39, 0.29) is 0 Å². The maximum absolute atomic E-state index is 10.2. The first-order chi connectivity index (χ1) is 5.70. The van der Waals surface area contributed by atoms with Crippen LogP contribution in [0.3, 0.4) is 0 Å². The molecule has 12 heavy (non-hydrogen) atoms. The molecule has 0 saturated carbocycles. The first-order valence-electron chi connectivity index (χ1n) is 3.12. The number of para-hydroxylation sites is 1. The third-order valence-electron chi connectivity index (χ3n) is 1.12. The summed E-state index contributed by atoms with van der Waals surface area (Å²) in [5, 5.41) is 7.45. The molecule has 1 aromatic rings. The van der Waals surface area contributed by atoms with Crippen LogP contribution in [-0.2, 0) is 0 Å². The second kappa shape index (κ2) is 4.27. The average molecular weight is 201 g/mol. The number of anilines is 1. The van der Waals surface area contributed by atoms with Crippen molar-refractivity contribution in [3.8, 4) is 0 Å². The summed E-state index contributed by atoms with van der Waals surface area (Å²) in [6, 6.07) is 7.16. The van der Waals surface area contributed by atoms with Crippen molar-refractivity contribution >= 4 is 32.6 Å². The fraction of sp³-hybridized carbons (Fsp3) is 0. The van der Waals surface area contributed by atoms with Crippen LogP contribution in [-0.4, -0.2) is 10.4 Å². The average Bonchev–Trinajstić information content (AvgIpc) is 2.03. The lowest BCUT2D eigenvalue weighted by Crippen LogP contribution is -1.86. The van der Waals surface area contributed by atoms with Crippen molar-refractivity contribution in [2.24, 2.45) is 0 Å². The van der Waals surface area contributed by atoms with Crippen LogP contribution in [0.1, 0.15) is 0 Å². The van der Waals surface area contributed by atoms with Crippen molar-refractivity contribution in [2.75, 3.05) is 5.73 Å². The number of hydrogen-bond acceptors (Lipinski definition) is 4. The van der Waals surface area contributed by atoms with E-state index >= 15 is 0 Å². The number of hydrogen-bond donors (Lipinski definition) is 2. The van der Waals surface area contributed by atoms with E-state index in [2.05, 4.69) is 0 Å². The SMILES string of the molecule is Nc1ccccc1SSC(=O)O. The van der Waals surface area contributed by atoms with Crippen LogP contribution in [0.4, 0.5) is 10.5 Å². The van der Waals surface area contributed by atoms with E-state index in [0.717, 1.165) is 26.5 Å². The largest absolute Gasteiger partial charge is 0.473 e. The summed E-state index contributed by atoms with van der Waals surface area (Å²) in [6.45, 7) is 0. The Bertz CT molecular complexity index is 290. The van der Waals surface area contributed by atoms with Gasteiger partial charge >= 0.3 is 5.30 Å². The van der Waals surface area contributed by atoms with Gasteiger partial charge in [0.1, 0.15) is 0 Å². The highest BCUT2D eigenvalue weighted by atomic mass is 33.1. The summed E-state index contributed by atoms with van der Waals surface area (Å²) < 4.78 is 0. The number of carbonyl (C=O) groups is 1. The van der Waals surface area contributed by atoms with Crippen molar-refractivity contribution < 1.29 is 9.90 Å². The fourth-order valence-corrected chi connectivity index (χ4v) is 2.03. The van der Waals surface area contributed by atoms with Gasteiger partial charge in [0, 0.05) is 21.4 Å². The van der Waals surface area contributed by atoms with Gasteiger partial charge in [-0.15, -0.1) is 0 Å². The number of carboxylic acid groups (broad SMARTS) is 1. The summed E-state index contributed by atoms with van der Waals surface area (Å²) in [4.78, 5) is 11.0. The van der Waals surface area contributed by atoms with Gasteiger partial charge < -0.3 is 10.8 Å². The van der Waals surface area contributed by atoms with Crippen molar-refractivity contribution in [3.05, 3.63) is 24.3 Å². The molecule has 1 rings (SSSR count). The third kappa shape index (κ3) is 2.67. The molecule has 0 unspecified atom stereocenters. The molecule has 0 saturated heterocycles. The van der Waals surface area contributed by atoms with Crippen molar-refractivity contribution in [1.82, 2.24) is 0 Å². The fourth-order valence-electron chi connectivity index (χ4n) is 0.637. The Morgan fingerprint density at radius 3 is 2.67 bits per heavy atom. The van der Waals surface area contributed by atoms with Crippen LogP contribution in [0.5, 0.6) is 0 Å². The number of benzene rings is 1. The Hall–Kier alpha value is -0.810. The molecule has 0 amide bonds. The van der Waals surface area contributed by atoms with Crippen LogP contribution < -0.4 is 5.73 Å². The smallest absolute Gasteiger partial charge is 0.375 e. The van der Waals surface area contributed by atoms with Crippen LogP contribution >= 0.6 is 21.6 Å². The zero-order chi connectivity index (χ0) is 8.97. The Kier molecular flexibility index (Phi) is 3.31. The maximum atomic E-state index is 10.2. The normalized spacial score (nSPS) is 9.67. The van der Waals surface area contributed by atoms with E-state index in [1.54, 1.807) is 12.1 Å². The quantitative estimate of drug-likeness (QED) is 0.569. The molecular formula is C7H7NO2S2. The molecule has 64 valence electrons. The lowest BCUT2D eigenvalue weighted by Gasteiger charge is -2.00. The zero-order valence-corrected chi connectivity index (χ0v) is 7.69. The molecule has 0 aromatic heterocycles. The van der Waals surface area contributed by atoms with Gasteiger partial charge in [-0.05, 0) is 22.9 Å². The number of nitrogen functional groups attached to an aromatic ring is 1. The van der Waals surface area contributed by atoms with Gasteiger partial charge in [0.15, 0.2) is 0 Å². The molecule has 3 nitrogen and oxygen atoms in total. The molecule has 0 aliphatic carbocycles. The molecule has 0 aliphatic rings. The molecule has 0 aliphatic heterocycles. The molecule has 0 bridgehead atoms. The minimum absolute atomic E-state index is 0.608. The van der Waals surface area contributed by atoms with Gasteiger partial charge in [-0.25, -0.2) is 4.79 Å². The predicted molar refractivity (Wildman–Crippen MR) is 52.3 cm³/mol. The maximum Gasteiger partial charge on any atom is 0.375 e. The van der Waals surface area contributed by atoms with Crippen molar-refractivity contribution in [1.29, 1.82) is 0 Å². The summed E-state index contributed by atoms with van der Waals surface area (Å²) in [7, 11) is 1.90. The number of nitrogens with two attached hydrogens (primary N) is 1. The van der Waals surface area contributed by atoms with E-state index in [4.69, 9.17) is 10.8 Å². The molecular weight excluding hydrogens is 194 g/mol. The van der Waals surface area contributed by atoms with Gasteiger partial charge in [0.25, 0.3) is 0 Å². The molecule has 3 N–H and O–H groups in total. The highest BCUT2D eigenvalue weighted by molar-refractivity contribution is 8.82. The lowest BCUT2D eigenvalue weighted by molar-refractivity contribution is 0.222. The third-order valence-corrected chi connectivity index (χ3v) is 3.12. The minimum atomic E-state index is -0.914. The lowest BCUT2D eigenvalue weighted by atomic mass is 10.3. The van der Waals surface area contributed by atoms with Gasteiger partial charge in [-0.3, -0.25) is 0 Å². The van der Waals surface area contributed by atoms with E-state index in [9.17, 15) is 4.79 Å². The monoisotopic (exact) mass is 201 g/mol. The minimum Gasteiger partial charge on any atom is -0.473 e. The predicted octanol–water partition coefficient (Wildman–Crippen LogP) is 2.69. The first kappa shape index (κ1) is 9.28. The molecule has 0 radical (unpaired) electrons. The van der Waals surface area contributed by atoms with Crippen molar-refractivity contribution in [3.63, 3.8) is 0 Å². The number of rotatable bonds is 2. The molecule has 0 atom stereocenters. The molecule has 0 heterocycles. The second-order valence-corrected chi connectivity index (χ2v) is 4.09. The van der Waals surface area contributed by atoms with Gasteiger partial charge in [0.05, 0.1) is 0 Å². The van der Waals surface area contributed by atoms with Gasteiger partial charge in [0.2, 0.25) is 0 Å². The van der Waals surface area contributed by atoms with E-state index in [1.807, 2.05) is 12.1 Å². The van der Waals surface area contributed by atoms with Gasteiger partial charge in [-0.2, -0.15) is 0 Å². The molecule has 1 aromatic carbocycles. The van der Waals surface area contributed by atoms with E-state index in [1.165, 1.54) is 0 Å². The summed E-state index contributed by atoms with van der Waals surface area (Å²) in [6.07, 6.45) is 0. The Morgan fingerprint density at radius 1 is 1.42 bits per heavy atom. The topological polar surface area (TPSA) is 63.3 Å². The summed E-state index contributed by atoms with van der Waals surface area (Å²) >= 11 is 0. The first-order valence-corrected chi connectivity index (χ1v) is 5.27. The van der Waals surface area contributed by atoms with E-state index < -0.39 is 5.30 Å².